The maximum atomic E-state index is 13.9. The smallest absolute Gasteiger partial charge is 0.308 e. The van der Waals surface area contributed by atoms with E-state index in [4.69, 9.17) is 0 Å². The molecule has 2 bridgehead atoms. The van der Waals surface area contributed by atoms with E-state index in [2.05, 4.69) is 50.0 Å². The Kier molecular flexibility index (Phi) is 7.52. The van der Waals surface area contributed by atoms with Crippen molar-refractivity contribution in [3.63, 3.8) is 0 Å². The lowest BCUT2D eigenvalue weighted by molar-refractivity contribution is -0.146. The van der Waals surface area contributed by atoms with Crippen molar-refractivity contribution in [1.82, 2.24) is 30.4 Å². The Hall–Kier alpha value is -3.77. The molecule has 4 heterocycles. The van der Waals surface area contributed by atoms with E-state index in [1.807, 2.05) is 36.4 Å². The summed E-state index contributed by atoms with van der Waals surface area (Å²) in [6, 6.07) is 23.2. The molecule has 2 atom stereocenters. The van der Waals surface area contributed by atoms with Crippen LogP contribution in [0, 0.1) is 5.92 Å². The van der Waals surface area contributed by atoms with E-state index in [1.54, 1.807) is 0 Å². The van der Waals surface area contributed by atoms with Crippen LogP contribution < -0.4 is 5.32 Å². The Balaban J connectivity index is 1.36. The van der Waals surface area contributed by atoms with E-state index < -0.39 is 29.4 Å². The van der Waals surface area contributed by atoms with E-state index in [9.17, 15) is 26.3 Å². The van der Waals surface area contributed by atoms with Gasteiger partial charge in [0.05, 0.1) is 11.3 Å². The van der Waals surface area contributed by atoms with Crippen LogP contribution in [0.4, 0.5) is 26.3 Å². The third-order valence-corrected chi connectivity index (χ3v) is 8.34. The predicted octanol–water partition coefficient (Wildman–Crippen LogP) is 6.08. The van der Waals surface area contributed by atoms with Crippen molar-refractivity contribution in [3.05, 3.63) is 107 Å². The van der Waals surface area contributed by atoms with E-state index >= 15 is 0 Å². The lowest BCUT2D eigenvalue weighted by atomic mass is 9.70. The molecule has 7 rings (SSSR count). The quantitative estimate of drug-likeness (QED) is 0.266. The summed E-state index contributed by atoms with van der Waals surface area (Å²) in [5, 5.41) is 12.9. The van der Waals surface area contributed by atoms with Crippen LogP contribution >= 0.6 is 0 Å². The minimum atomic E-state index is -4.94. The number of aromatic nitrogens is 4. The lowest BCUT2D eigenvalue weighted by Gasteiger charge is -2.54. The van der Waals surface area contributed by atoms with Crippen LogP contribution in [0.1, 0.15) is 46.8 Å². The van der Waals surface area contributed by atoms with E-state index in [0.29, 0.717) is 16.7 Å². The topological polar surface area (TPSA) is 58.9 Å². The van der Waals surface area contributed by atoms with Crippen LogP contribution in [0.2, 0.25) is 0 Å². The fraction of sp³-hybridized carbons (Fsp3) is 0.367. The van der Waals surface area contributed by atoms with Crippen LogP contribution in [-0.2, 0) is 18.9 Å². The van der Waals surface area contributed by atoms with Gasteiger partial charge in [0.15, 0.2) is 0 Å². The van der Waals surface area contributed by atoms with Gasteiger partial charge in [-0.2, -0.15) is 31.0 Å². The number of piperidine rings is 3. The van der Waals surface area contributed by atoms with Crippen molar-refractivity contribution in [2.45, 2.75) is 49.7 Å². The van der Waals surface area contributed by atoms with Crippen molar-refractivity contribution in [2.75, 3.05) is 13.1 Å². The summed E-state index contributed by atoms with van der Waals surface area (Å²) >= 11 is 0. The molecule has 3 saturated heterocycles. The Labute approximate surface area is 238 Å². The maximum Gasteiger partial charge on any atom is 0.453 e. The van der Waals surface area contributed by atoms with Gasteiger partial charge in [-0.05, 0) is 77.2 Å². The van der Waals surface area contributed by atoms with Gasteiger partial charge in [-0.15, -0.1) is 5.10 Å². The lowest BCUT2D eigenvalue weighted by Crippen LogP contribution is -2.64. The zero-order valence-corrected chi connectivity index (χ0v) is 22.4. The molecule has 12 heteroatoms. The second-order valence-electron chi connectivity index (χ2n) is 10.9. The highest BCUT2D eigenvalue weighted by atomic mass is 19.4. The molecular formula is C30H28F6N6. The van der Waals surface area contributed by atoms with Crippen LogP contribution in [-0.4, -0.2) is 50.3 Å². The second-order valence-corrected chi connectivity index (χ2v) is 10.9. The summed E-state index contributed by atoms with van der Waals surface area (Å²) in [6.45, 7) is 1.88. The standard InChI is InChI=1S/C30H28F6N6/c31-29(32,33)23-15-19(16-24(17-23)42-28(30(34,35)36)38-39-40-42)18-37-26-22-11-13-41(14-12-22)27(26)25(20-7-3-1-4-8-20)21-9-5-2-6-10-21/h1-10,15-17,22,25-27,37H,11-14,18H2. The summed E-state index contributed by atoms with van der Waals surface area (Å²) in [5.74, 6) is -1.18. The van der Waals surface area contributed by atoms with Crippen molar-refractivity contribution in [3.8, 4) is 5.69 Å². The first-order chi connectivity index (χ1) is 20.1. The van der Waals surface area contributed by atoms with Crippen LogP contribution in [0.5, 0.6) is 0 Å². The molecule has 0 spiro atoms. The number of benzene rings is 3. The van der Waals surface area contributed by atoms with Gasteiger partial charge < -0.3 is 5.32 Å². The first kappa shape index (κ1) is 28.4. The van der Waals surface area contributed by atoms with Gasteiger partial charge in [0.25, 0.3) is 5.82 Å². The van der Waals surface area contributed by atoms with Gasteiger partial charge in [-0.25, -0.2) is 0 Å². The van der Waals surface area contributed by atoms with Gasteiger partial charge >= 0.3 is 12.4 Å². The van der Waals surface area contributed by atoms with Gasteiger partial charge in [-0.1, -0.05) is 60.7 Å². The average molecular weight is 587 g/mol. The molecule has 3 aromatic carbocycles. The van der Waals surface area contributed by atoms with Crippen molar-refractivity contribution >= 4 is 0 Å². The molecule has 220 valence electrons. The highest BCUT2D eigenvalue weighted by Crippen LogP contribution is 2.42. The molecule has 0 saturated carbocycles. The van der Waals surface area contributed by atoms with Crippen molar-refractivity contribution in [2.24, 2.45) is 5.92 Å². The van der Waals surface area contributed by atoms with E-state index in [0.717, 1.165) is 43.1 Å². The normalized spacial score (nSPS) is 22.5. The fourth-order valence-corrected chi connectivity index (χ4v) is 6.53. The zero-order chi connectivity index (χ0) is 29.5. The Bertz CT molecular complexity index is 1460. The molecule has 1 N–H and O–H groups in total. The molecule has 3 aliphatic heterocycles. The van der Waals surface area contributed by atoms with E-state index in [-0.39, 0.29) is 30.1 Å². The number of nitrogens with zero attached hydrogens (tertiary/aromatic N) is 5. The third-order valence-electron chi connectivity index (χ3n) is 8.34. The van der Waals surface area contributed by atoms with Crippen LogP contribution in [0.3, 0.4) is 0 Å². The molecule has 0 aliphatic carbocycles. The highest BCUT2D eigenvalue weighted by molar-refractivity contribution is 5.42. The molecule has 3 fully saturated rings. The molecule has 0 radical (unpaired) electrons. The molecule has 1 aromatic heterocycles. The monoisotopic (exact) mass is 586 g/mol. The van der Waals surface area contributed by atoms with Gasteiger partial charge in [-0.3, -0.25) is 4.90 Å². The highest BCUT2D eigenvalue weighted by Gasteiger charge is 2.46. The largest absolute Gasteiger partial charge is 0.453 e. The summed E-state index contributed by atoms with van der Waals surface area (Å²) < 4.78 is 82.4. The number of hydrogen-bond donors (Lipinski definition) is 1. The summed E-state index contributed by atoms with van der Waals surface area (Å²) in [7, 11) is 0. The number of tetrazole rings is 1. The number of fused-ring (bicyclic) bond motifs is 3. The summed E-state index contributed by atoms with van der Waals surface area (Å²) in [4.78, 5) is 2.45. The van der Waals surface area contributed by atoms with Crippen molar-refractivity contribution in [1.29, 1.82) is 0 Å². The molecule has 6 nitrogen and oxygen atoms in total. The Morgan fingerprint density at radius 3 is 2.00 bits per heavy atom. The second kappa shape index (κ2) is 11.1. The van der Waals surface area contributed by atoms with Crippen molar-refractivity contribution < 1.29 is 26.3 Å². The van der Waals surface area contributed by atoms with Crippen LogP contribution in [0.25, 0.3) is 5.69 Å². The molecule has 42 heavy (non-hydrogen) atoms. The fourth-order valence-electron chi connectivity index (χ4n) is 6.53. The molecule has 4 aromatic rings. The first-order valence-electron chi connectivity index (χ1n) is 13.7. The molecule has 0 amide bonds. The average Bonchev–Trinajstić information content (AvgIpc) is 3.49. The molecule has 2 unspecified atom stereocenters. The Morgan fingerprint density at radius 1 is 0.810 bits per heavy atom. The minimum absolute atomic E-state index is 0.0145. The number of halogens is 6. The third kappa shape index (κ3) is 5.65. The summed E-state index contributed by atoms with van der Waals surface area (Å²) in [5.41, 5.74) is 1.00. The number of rotatable bonds is 7. The zero-order valence-electron chi connectivity index (χ0n) is 22.4. The van der Waals surface area contributed by atoms with Gasteiger partial charge in [0.2, 0.25) is 0 Å². The van der Waals surface area contributed by atoms with E-state index in [1.165, 1.54) is 6.07 Å². The van der Waals surface area contributed by atoms with Gasteiger partial charge in [0.1, 0.15) is 0 Å². The summed E-state index contributed by atoms with van der Waals surface area (Å²) in [6.07, 6.45) is -7.81. The number of alkyl halides is 6. The number of nitrogens with one attached hydrogen (secondary N) is 1. The SMILES string of the molecule is FC(F)(F)c1cc(CNC2C3CCN(CC3)C2C(c2ccccc2)c2ccccc2)cc(-n2nnnc2C(F)(F)F)c1. The maximum absolute atomic E-state index is 13.9. The van der Waals surface area contributed by atoms with Crippen LogP contribution in [0.15, 0.2) is 78.9 Å². The molecule has 3 aliphatic rings. The first-order valence-corrected chi connectivity index (χ1v) is 13.7. The minimum Gasteiger partial charge on any atom is -0.308 e. The predicted molar refractivity (Wildman–Crippen MR) is 143 cm³/mol. The Morgan fingerprint density at radius 2 is 1.43 bits per heavy atom. The molecular weight excluding hydrogens is 558 g/mol. The number of hydrogen-bond acceptors (Lipinski definition) is 5. The van der Waals surface area contributed by atoms with Gasteiger partial charge in [0, 0.05) is 24.5 Å².